The molecule has 186 valence electrons. The number of nitro groups is 2. The smallest absolute Gasteiger partial charge is 0.340 e. The van der Waals surface area contributed by atoms with Crippen LogP contribution in [0.5, 0.6) is 0 Å². The first-order valence-electron chi connectivity index (χ1n) is 9.50. The van der Waals surface area contributed by atoms with E-state index in [1.54, 1.807) is 0 Å². The van der Waals surface area contributed by atoms with Gasteiger partial charge in [-0.1, -0.05) is 16.8 Å². The molecule has 15 heteroatoms. The van der Waals surface area contributed by atoms with Crippen molar-refractivity contribution in [2.75, 3.05) is 13.7 Å². The molecule has 35 heavy (non-hydrogen) atoms. The van der Waals surface area contributed by atoms with Crippen LogP contribution in [0.2, 0.25) is 5.02 Å². The van der Waals surface area contributed by atoms with Crippen LogP contribution in [-0.2, 0) is 14.3 Å². The van der Waals surface area contributed by atoms with Gasteiger partial charge in [0.1, 0.15) is 19.8 Å². The second-order valence-electron chi connectivity index (χ2n) is 6.64. The maximum Gasteiger partial charge on any atom is 0.340 e. The topological polar surface area (TPSA) is 181 Å². The van der Waals surface area contributed by atoms with E-state index < -0.39 is 52.5 Å². The second-order valence-corrected chi connectivity index (χ2v) is 7.05. The first kappa shape index (κ1) is 27.1. The molecule has 2 rings (SSSR count). The number of carbonyl (C=O) groups is 2. The number of aliphatic hydroxyl groups is 1. The molecule has 0 amide bonds. The predicted octanol–water partition coefficient (Wildman–Crippen LogP) is 2.87. The highest BCUT2D eigenvalue weighted by molar-refractivity contribution is 6.33. The Bertz CT molecular complexity index is 1130. The molecule has 0 aliphatic rings. The molecule has 0 bridgehead atoms. The molecule has 0 saturated heterocycles. The highest BCUT2D eigenvalue weighted by atomic mass is 35.5. The van der Waals surface area contributed by atoms with Gasteiger partial charge >= 0.3 is 11.9 Å². The molecule has 1 N–H and O–H groups in total. The number of nitro benzene ring substituents is 2. The number of oxime groups is 1. The Hall–Kier alpha value is -4.17. The molecule has 0 spiro atoms. The summed E-state index contributed by atoms with van der Waals surface area (Å²) in [4.78, 5) is 49.1. The zero-order valence-corrected chi connectivity index (χ0v) is 18.5. The number of esters is 2. The Morgan fingerprint density at radius 3 is 2.26 bits per heavy atom. The number of benzene rings is 2. The predicted molar refractivity (Wildman–Crippen MR) is 117 cm³/mol. The number of alkyl halides is 1. The molecule has 0 aliphatic carbocycles. The minimum atomic E-state index is -2.23. The van der Waals surface area contributed by atoms with E-state index in [0.717, 1.165) is 49.6 Å². The molecular formula is C20H17ClFN3O10. The number of carbonyl (C=O) groups excluding carboxylic acids is 2. The summed E-state index contributed by atoms with van der Waals surface area (Å²) < 4.78 is 24.5. The maximum atomic E-state index is 14.6. The van der Waals surface area contributed by atoms with Gasteiger partial charge in [0.25, 0.3) is 11.4 Å². The number of hydrogen-bond acceptors (Lipinski definition) is 11. The largest absolute Gasteiger partial charge is 0.459 e. The molecule has 0 aromatic heterocycles. The van der Waals surface area contributed by atoms with E-state index in [-0.39, 0.29) is 21.8 Å². The van der Waals surface area contributed by atoms with Gasteiger partial charge in [-0.15, -0.1) is 0 Å². The average molecular weight is 514 g/mol. The van der Waals surface area contributed by atoms with Crippen molar-refractivity contribution in [1.29, 1.82) is 0 Å². The van der Waals surface area contributed by atoms with Gasteiger partial charge in [-0.25, -0.2) is 14.0 Å². The number of aliphatic hydroxyl groups excluding tert-OH is 1. The molecule has 0 heterocycles. The number of rotatable bonds is 11. The van der Waals surface area contributed by atoms with Gasteiger partial charge in [0.15, 0.2) is 12.3 Å². The second kappa shape index (κ2) is 12.3. The molecule has 0 unspecified atom stereocenters. The van der Waals surface area contributed by atoms with Crippen molar-refractivity contribution in [2.24, 2.45) is 5.16 Å². The van der Waals surface area contributed by atoms with E-state index in [0.29, 0.717) is 6.21 Å². The lowest BCUT2D eigenvalue weighted by atomic mass is 10.1. The molecule has 3 atom stereocenters. The Labute approximate surface area is 200 Å². The average Bonchev–Trinajstić information content (AvgIpc) is 2.83. The van der Waals surface area contributed by atoms with Gasteiger partial charge in [-0.3, -0.25) is 20.2 Å². The van der Waals surface area contributed by atoms with Crippen molar-refractivity contribution in [3.05, 3.63) is 78.8 Å². The highest BCUT2D eigenvalue weighted by Gasteiger charge is 2.34. The van der Waals surface area contributed by atoms with Crippen LogP contribution in [0.15, 0.2) is 47.6 Å². The Kier molecular flexibility index (Phi) is 9.54. The normalized spacial score (nSPS) is 13.5. The Morgan fingerprint density at radius 2 is 1.71 bits per heavy atom. The standard InChI is InChI=1S/C20H17ClFN3O10/c1-33-23-9-16(22)18(35-20(28)14-7-6-13(25(31)32)8-15(14)21)17(26)10-34-19(27)11-2-4-12(5-3-11)24(29)30/h2-9,16-18,26H,10H2,1H3/t16-,17-,18+/m1/s1. The fourth-order valence-corrected chi connectivity index (χ4v) is 2.84. The van der Waals surface area contributed by atoms with Gasteiger partial charge in [0, 0.05) is 24.3 Å². The third-order valence-electron chi connectivity index (χ3n) is 4.33. The summed E-state index contributed by atoms with van der Waals surface area (Å²) in [7, 11) is 1.11. The molecule has 0 fully saturated rings. The first-order chi connectivity index (χ1) is 16.5. The minimum Gasteiger partial charge on any atom is -0.459 e. The van der Waals surface area contributed by atoms with E-state index in [9.17, 15) is 39.3 Å². The van der Waals surface area contributed by atoms with E-state index in [1.807, 2.05) is 0 Å². The van der Waals surface area contributed by atoms with E-state index >= 15 is 0 Å². The van der Waals surface area contributed by atoms with Crippen molar-refractivity contribution in [3.8, 4) is 0 Å². The lowest BCUT2D eigenvalue weighted by molar-refractivity contribution is -0.385. The number of ether oxygens (including phenoxy) is 2. The Balaban J connectivity index is 2.15. The van der Waals surface area contributed by atoms with Gasteiger partial charge in [-0.2, -0.15) is 0 Å². The van der Waals surface area contributed by atoms with Gasteiger partial charge in [0.05, 0.1) is 32.2 Å². The lowest BCUT2D eigenvalue weighted by Gasteiger charge is -2.24. The zero-order chi connectivity index (χ0) is 26.1. The third kappa shape index (κ3) is 7.41. The van der Waals surface area contributed by atoms with Crippen LogP contribution in [0.25, 0.3) is 0 Å². The molecule has 2 aromatic carbocycles. The fraction of sp³-hybridized carbons (Fsp3) is 0.250. The van der Waals surface area contributed by atoms with Crippen LogP contribution in [0.3, 0.4) is 0 Å². The van der Waals surface area contributed by atoms with Crippen molar-refractivity contribution in [2.45, 2.75) is 18.4 Å². The summed E-state index contributed by atoms with van der Waals surface area (Å²) in [5.74, 6) is -2.23. The van der Waals surface area contributed by atoms with Crippen molar-refractivity contribution in [3.63, 3.8) is 0 Å². The summed E-state index contributed by atoms with van der Waals surface area (Å²) in [6, 6.07) is 7.19. The van der Waals surface area contributed by atoms with Gasteiger partial charge in [0.2, 0.25) is 0 Å². The summed E-state index contributed by atoms with van der Waals surface area (Å²) in [6.07, 6.45) is -5.52. The lowest BCUT2D eigenvalue weighted by Crippen LogP contribution is -2.43. The monoisotopic (exact) mass is 513 g/mol. The fourth-order valence-electron chi connectivity index (χ4n) is 2.59. The van der Waals surface area contributed by atoms with Crippen LogP contribution >= 0.6 is 11.6 Å². The quantitative estimate of drug-likeness (QED) is 0.203. The Morgan fingerprint density at radius 1 is 1.11 bits per heavy atom. The van der Waals surface area contributed by atoms with Gasteiger partial charge in [-0.05, 0) is 18.2 Å². The maximum absolute atomic E-state index is 14.6. The summed E-state index contributed by atoms with van der Waals surface area (Å²) >= 11 is 5.88. The summed E-state index contributed by atoms with van der Waals surface area (Å²) in [5, 5.41) is 34.7. The molecular weight excluding hydrogens is 497 g/mol. The molecule has 2 aromatic rings. The van der Waals surface area contributed by atoms with E-state index in [2.05, 4.69) is 9.99 Å². The van der Waals surface area contributed by atoms with Crippen LogP contribution in [0.1, 0.15) is 20.7 Å². The van der Waals surface area contributed by atoms with Crippen LogP contribution < -0.4 is 0 Å². The summed E-state index contributed by atoms with van der Waals surface area (Å²) in [5.41, 5.74) is -1.12. The van der Waals surface area contributed by atoms with Crippen molar-refractivity contribution in [1.82, 2.24) is 0 Å². The number of hydrogen-bond donors (Lipinski definition) is 1. The molecule has 0 saturated carbocycles. The van der Waals surface area contributed by atoms with Crippen LogP contribution in [0.4, 0.5) is 15.8 Å². The molecule has 0 radical (unpaired) electrons. The number of non-ortho nitro benzene ring substituents is 2. The summed E-state index contributed by atoms with van der Waals surface area (Å²) in [6.45, 7) is -0.844. The van der Waals surface area contributed by atoms with Crippen LogP contribution in [-0.4, -0.2) is 65.2 Å². The van der Waals surface area contributed by atoms with E-state index in [1.165, 1.54) is 0 Å². The highest BCUT2D eigenvalue weighted by Crippen LogP contribution is 2.24. The van der Waals surface area contributed by atoms with E-state index in [4.69, 9.17) is 21.1 Å². The third-order valence-corrected chi connectivity index (χ3v) is 4.64. The van der Waals surface area contributed by atoms with Crippen molar-refractivity contribution >= 4 is 41.1 Å². The number of halogens is 2. The van der Waals surface area contributed by atoms with Gasteiger partial charge < -0.3 is 19.4 Å². The SMILES string of the molecule is CON=C[C@@H](F)[C@H](OC(=O)c1ccc([N+](=O)[O-])cc1Cl)[C@H](O)COC(=O)c1ccc([N+](=O)[O-])cc1. The van der Waals surface area contributed by atoms with Crippen LogP contribution in [0, 0.1) is 20.2 Å². The van der Waals surface area contributed by atoms with Crippen molar-refractivity contribution < 1.29 is 43.2 Å². The minimum absolute atomic E-state index is 0.0910. The molecule has 13 nitrogen and oxygen atoms in total. The number of nitrogens with zero attached hydrogens (tertiary/aromatic N) is 3. The molecule has 0 aliphatic heterocycles. The first-order valence-corrected chi connectivity index (χ1v) is 9.88. The zero-order valence-electron chi connectivity index (χ0n) is 17.8.